The maximum atomic E-state index is 12.0. The van der Waals surface area contributed by atoms with Crippen molar-refractivity contribution in [3.63, 3.8) is 0 Å². The molecular formula is C9H14F3O6P. The van der Waals surface area contributed by atoms with Crippen molar-refractivity contribution in [3.05, 3.63) is 12.2 Å². The van der Waals surface area contributed by atoms with Crippen molar-refractivity contribution < 1.29 is 41.2 Å². The van der Waals surface area contributed by atoms with Crippen molar-refractivity contribution in [3.8, 4) is 0 Å². The Bertz CT molecular complexity index is 367. The second kappa shape index (κ2) is 7.64. The van der Waals surface area contributed by atoms with E-state index >= 15 is 0 Å². The number of carbonyl (C=O) groups is 1. The Morgan fingerprint density at radius 1 is 1.32 bits per heavy atom. The second-order valence-electron chi connectivity index (χ2n) is 3.19. The Morgan fingerprint density at radius 2 is 1.89 bits per heavy atom. The van der Waals surface area contributed by atoms with Crippen molar-refractivity contribution >= 4 is 13.8 Å². The molecule has 6 nitrogen and oxygen atoms in total. The summed E-state index contributed by atoms with van der Waals surface area (Å²) < 4.78 is 60.0. The van der Waals surface area contributed by atoms with E-state index in [9.17, 15) is 22.5 Å². The third kappa shape index (κ3) is 7.99. The minimum atomic E-state index is -4.84. The molecule has 1 atom stereocenters. The summed E-state index contributed by atoms with van der Waals surface area (Å²) in [6.45, 7) is 3.29. The van der Waals surface area contributed by atoms with Crippen LogP contribution >= 0.6 is 7.82 Å². The summed E-state index contributed by atoms with van der Waals surface area (Å²) in [7, 11) is -4.14. The number of ether oxygens (including phenoxy) is 1. The van der Waals surface area contributed by atoms with Gasteiger partial charge in [-0.15, -0.1) is 0 Å². The van der Waals surface area contributed by atoms with Gasteiger partial charge < -0.3 is 9.63 Å². The molecule has 19 heavy (non-hydrogen) atoms. The van der Waals surface area contributed by atoms with Gasteiger partial charge in [0.2, 0.25) is 0 Å². The summed E-state index contributed by atoms with van der Waals surface area (Å²) in [4.78, 5) is 19.8. The van der Waals surface area contributed by atoms with Crippen LogP contribution in [0.4, 0.5) is 13.2 Å². The summed E-state index contributed by atoms with van der Waals surface area (Å²) in [5, 5.41) is 0. The van der Waals surface area contributed by atoms with E-state index < -0.39 is 32.1 Å². The highest BCUT2D eigenvalue weighted by molar-refractivity contribution is 7.47. The molecule has 1 N–H and O–H groups in total. The zero-order chi connectivity index (χ0) is 15.1. The molecule has 0 bridgehead atoms. The van der Waals surface area contributed by atoms with Gasteiger partial charge >= 0.3 is 20.0 Å². The molecule has 0 rings (SSSR count). The van der Waals surface area contributed by atoms with Gasteiger partial charge in [0.15, 0.2) is 0 Å². The smallest absolute Gasteiger partial charge is 0.462 e. The van der Waals surface area contributed by atoms with E-state index in [2.05, 4.69) is 20.4 Å². The molecule has 0 saturated heterocycles. The van der Waals surface area contributed by atoms with Crippen LogP contribution in [0, 0.1) is 0 Å². The largest absolute Gasteiger partial charge is 0.472 e. The van der Waals surface area contributed by atoms with E-state index in [1.807, 2.05) is 0 Å². The molecule has 0 amide bonds. The molecule has 0 spiro atoms. The molecule has 0 aromatic heterocycles. The predicted molar refractivity (Wildman–Crippen MR) is 58.2 cm³/mol. The average Bonchev–Trinajstić information content (AvgIpc) is 2.25. The van der Waals surface area contributed by atoms with Gasteiger partial charge in [-0.3, -0.25) is 9.05 Å². The van der Waals surface area contributed by atoms with Gasteiger partial charge in [0.1, 0.15) is 5.57 Å². The van der Waals surface area contributed by atoms with Gasteiger partial charge in [0.25, 0.3) is 0 Å². The second-order valence-corrected chi connectivity index (χ2v) is 4.64. The maximum Gasteiger partial charge on any atom is 0.472 e. The molecule has 1 unspecified atom stereocenters. The van der Waals surface area contributed by atoms with Gasteiger partial charge in [-0.1, -0.05) is 6.58 Å². The molecule has 0 saturated carbocycles. The molecule has 0 aromatic rings. The van der Waals surface area contributed by atoms with Crippen molar-refractivity contribution in [1.82, 2.24) is 0 Å². The first kappa shape index (κ1) is 18.1. The van der Waals surface area contributed by atoms with Crippen LogP contribution in [0.2, 0.25) is 0 Å². The normalized spacial score (nSPS) is 14.8. The topological polar surface area (TPSA) is 82.1 Å². The number of hydrogen-bond acceptors (Lipinski definition) is 5. The van der Waals surface area contributed by atoms with Crippen LogP contribution in [0.3, 0.4) is 0 Å². The lowest BCUT2D eigenvalue weighted by Crippen LogP contribution is -2.21. The number of hydrogen-bond donors (Lipinski definition) is 1. The quantitative estimate of drug-likeness (QED) is 0.320. The Labute approximate surface area is 107 Å². The zero-order valence-electron chi connectivity index (χ0n) is 10.1. The van der Waals surface area contributed by atoms with Crippen LogP contribution in [0.5, 0.6) is 0 Å². The number of esters is 1. The maximum absolute atomic E-state index is 12.0. The number of carbonyl (C=O) groups excluding carboxylic acids is 1. The van der Waals surface area contributed by atoms with E-state index in [1.165, 1.54) is 6.92 Å². The highest BCUT2D eigenvalue weighted by Crippen LogP contribution is 2.42. The minimum absolute atomic E-state index is 0.0336. The summed E-state index contributed by atoms with van der Waals surface area (Å²) >= 11 is 0. The van der Waals surface area contributed by atoms with Crippen molar-refractivity contribution in [2.75, 3.05) is 19.8 Å². The fraction of sp³-hybridized carbons (Fsp3) is 0.667. The first-order valence-corrected chi connectivity index (χ1v) is 6.65. The lowest BCUT2D eigenvalue weighted by atomic mass is 10.3. The molecule has 112 valence electrons. The molecule has 0 aliphatic rings. The number of phosphoric ester groups is 1. The van der Waals surface area contributed by atoms with E-state index in [1.54, 1.807) is 0 Å². The molecule has 0 aliphatic carbocycles. The molecule has 0 heterocycles. The molecule has 10 heteroatoms. The fourth-order valence-corrected chi connectivity index (χ4v) is 1.57. The van der Waals surface area contributed by atoms with Crippen LogP contribution in [0.1, 0.15) is 13.3 Å². The Balaban J connectivity index is 3.86. The third-order valence-corrected chi connectivity index (χ3v) is 2.75. The molecular weight excluding hydrogens is 292 g/mol. The van der Waals surface area contributed by atoms with Gasteiger partial charge in [0, 0.05) is 6.42 Å². The highest BCUT2D eigenvalue weighted by atomic mass is 31.2. The number of alkyl halides is 3. The first-order chi connectivity index (χ1) is 8.60. The van der Waals surface area contributed by atoms with Gasteiger partial charge in [-0.2, -0.15) is 13.2 Å². The molecule has 0 aromatic carbocycles. The van der Waals surface area contributed by atoms with Crippen LogP contribution in [-0.4, -0.2) is 36.9 Å². The van der Waals surface area contributed by atoms with E-state index in [0.29, 0.717) is 0 Å². The van der Waals surface area contributed by atoms with E-state index in [0.717, 1.165) is 0 Å². The van der Waals surface area contributed by atoms with Crippen LogP contribution in [0.25, 0.3) is 0 Å². The lowest BCUT2D eigenvalue weighted by molar-refractivity contribution is -0.150. The lowest BCUT2D eigenvalue weighted by Gasteiger charge is -2.11. The van der Waals surface area contributed by atoms with Crippen LogP contribution in [-0.2, 0) is 23.1 Å². The van der Waals surface area contributed by atoms with Gasteiger partial charge in [-0.25, -0.2) is 9.36 Å². The molecule has 0 fully saturated rings. The standard InChI is InChI=1S/C9H14F3O6P/c1-3-17-19(14,15)18-6-4-5-16-8(13)7(2)9(10,11)12/h2-6H2,1H3,(H,14,15). The molecule has 0 radical (unpaired) electrons. The van der Waals surface area contributed by atoms with E-state index in [4.69, 9.17) is 4.89 Å². The zero-order valence-corrected chi connectivity index (χ0v) is 11.0. The fourth-order valence-electron chi connectivity index (χ4n) is 0.807. The highest BCUT2D eigenvalue weighted by Gasteiger charge is 2.37. The van der Waals surface area contributed by atoms with Crippen LogP contribution < -0.4 is 0 Å². The van der Waals surface area contributed by atoms with Crippen molar-refractivity contribution in [1.29, 1.82) is 0 Å². The third-order valence-electron chi connectivity index (χ3n) is 1.66. The van der Waals surface area contributed by atoms with Gasteiger partial charge in [-0.05, 0) is 6.92 Å². The molecule has 0 aliphatic heterocycles. The number of phosphoric acid groups is 1. The monoisotopic (exact) mass is 306 g/mol. The Hall–Kier alpha value is -0.890. The van der Waals surface area contributed by atoms with Crippen molar-refractivity contribution in [2.45, 2.75) is 19.5 Å². The SMILES string of the molecule is C=C(C(=O)OCCCOP(=O)(O)OCC)C(F)(F)F. The number of rotatable bonds is 8. The van der Waals surface area contributed by atoms with E-state index in [-0.39, 0.29) is 19.6 Å². The predicted octanol–water partition coefficient (Wildman–Crippen LogP) is 2.19. The minimum Gasteiger partial charge on any atom is -0.462 e. The van der Waals surface area contributed by atoms with Gasteiger partial charge in [0.05, 0.1) is 19.8 Å². The Kier molecular flexibility index (Phi) is 7.28. The average molecular weight is 306 g/mol. The summed E-state index contributed by atoms with van der Waals surface area (Å²) in [6, 6.07) is 0. The summed E-state index contributed by atoms with van der Waals surface area (Å²) in [6.07, 6.45) is -4.90. The Morgan fingerprint density at radius 3 is 2.37 bits per heavy atom. The summed E-state index contributed by atoms with van der Waals surface area (Å²) in [5.41, 5.74) is -1.62. The van der Waals surface area contributed by atoms with Crippen molar-refractivity contribution in [2.24, 2.45) is 0 Å². The summed E-state index contributed by atoms with van der Waals surface area (Å²) in [5.74, 6) is -1.59. The number of halogens is 3. The first-order valence-electron chi connectivity index (χ1n) is 5.15. The van der Waals surface area contributed by atoms with Crippen LogP contribution in [0.15, 0.2) is 12.2 Å².